The van der Waals surface area contributed by atoms with Gasteiger partial charge in [0, 0.05) is 24.0 Å². The number of guanidine groups is 1. The summed E-state index contributed by atoms with van der Waals surface area (Å²) in [5, 5.41) is 7.50. The Morgan fingerprint density at radius 2 is 1.87 bits per heavy atom. The van der Waals surface area contributed by atoms with Gasteiger partial charge in [0.15, 0.2) is 5.96 Å². The lowest BCUT2D eigenvalue weighted by molar-refractivity contribution is 0.100. The van der Waals surface area contributed by atoms with Gasteiger partial charge in [0.05, 0.1) is 12.2 Å². The van der Waals surface area contributed by atoms with Crippen molar-refractivity contribution in [2.45, 2.75) is 26.9 Å². The van der Waals surface area contributed by atoms with E-state index >= 15 is 0 Å². The minimum absolute atomic E-state index is 0.420. The maximum absolute atomic E-state index is 11.0. The maximum atomic E-state index is 11.0. The van der Waals surface area contributed by atoms with Crippen LogP contribution in [0.4, 0.5) is 0 Å². The number of rotatable bonds is 5. The largest absolute Gasteiger partial charge is 0.366 e. The molecule has 7 heteroatoms. The molecule has 0 aliphatic heterocycles. The van der Waals surface area contributed by atoms with Crippen molar-refractivity contribution < 1.29 is 4.79 Å². The Morgan fingerprint density at radius 3 is 2.39 bits per heavy atom. The lowest BCUT2D eigenvalue weighted by Gasteiger charge is -2.11. The minimum Gasteiger partial charge on any atom is -0.366 e. The van der Waals surface area contributed by atoms with Gasteiger partial charge in [0.2, 0.25) is 5.91 Å². The molecule has 0 bridgehead atoms. The highest BCUT2D eigenvalue weighted by Gasteiger charge is 2.05. The molecule has 1 amide bonds. The summed E-state index contributed by atoms with van der Waals surface area (Å²) in [6.45, 7) is 5.33. The zero-order valence-corrected chi connectivity index (χ0v) is 14.3. The minimum atomic E-state index is -0.420. The van der Waals surface area contributed by atoms with Crippen molar-refractivity contribution in [1.82, 2.24) is 15.6 Å². The molecule has 0 atom stereocenters. The molecule has 0 saturated heterocycles. The third kappa shape index (κ3) is 4.79. The summed E-state index contributed by atoms with van der Waals surface area (Å²) in [5.41, 5.74) is 7.85. The molecule has 0 radical (unpaired) electrons. The molecular weight excluding hydrogens is 310 g/mol. The second-order valence-corrected chi connectivity index (χ2v) is 6.38. The van der Waals surface area contributed by atoms with Gasteiger partial charge >= 0.3 is 0 Å². The van der Waals surface area contributed by atoms with Gasteiger partial charge in [-0.25, -0.2) is 4.98 Å². The Labute approximate surface area is 139 Å². The van der Waals surface area contributed by atoms with Crippen LogP contribution in [0.3, 0.4) is 0 Å². The van der Waals surface area contributed by atoms with Gasteiger partial charge in [0.1, 0.15) is 5.01 Å². The number of nitrogens with two attached hydrogens (primary N) is 1. The van der Waals surface area contributed by atoms with Crippen LogP contribution < -0.4 is 16.4 Å². The topological polar surface area (TPSA) is 92.4 Å². The number of primary amides is 1. The molecule has 0 fully saturated rings. The molecule has 1 aromatic carbocycles. The van der Waals surface area contributed by atoms with Gasteiger partial charge in [-0.3, -0.25) is 9.79 Å². The number of hydrogen-bond donors (Lipinski definition) is 3. The number of hydrogen-bond acceptors (Lipinski definition) is 4. The third-order valence-corrected chi connectivity index (χ3v) is 4.47. The summed E-state index contributed by atoms with van der Waals surface area (Å²) in [6.07, 6.45) is 0. The number of aliphatic imine (C=N–C) groups is 1. The summed E-state index contributed by atoms with van der Waals surface area (Å²) in [5.74, 6) is 0.283. The van der Waals surface area contributed by atoms with Gasteiger partial charge in [-0.2, -0.15) is 0 Å². The number of nitrogens with one attached hydrogen (secondary N) is 2. The van der Waals surface area contributed by atoms with E-state index in [4.69, 9.17) is 5.73 Å². The van der Waals surface area contributed by atoms with Crippen LogP contribution in [-0.4, -0.2) is 23.9 Å². The highest BCUT2D eigenvalue weighted by molar-refractivity contribution is 7.11. The van der Waals surface area contributed by atoms with Crippen LogP contribution in [-0.2, 0) is 13.1 Å². The van der Waals surface area contributed by atoms with Gasteiger partial charge in [-0.05, 0) is 31.5 Å². The zero-order valence-electron chi connectivity index (χ0n) is 13.5. The molecule has 0 spiro atoms. The Hall–Kier alpha value is -2.41. The molecule has 23 heavy (non-hydrogen) atoms. The molecule has 2 rings (SSSR count). The molecular formula is C16H21N5OS. The quantitative estimate of drug-likeness (QED) is 0.574. The number of thiazole rings is 1. The SMILES string of the molecule is CN=C(NCc1ccc(C(N)=O)cc1)NCc1nc(C)c(C)s1. The van der Waals surface area contributed by atoms with Crippen LogP contribution >= 0.6 is 11.3 Å². The first-order chi connectivity index (χ1) is 11.0. The lowest BCUT2D eigenvalue weighted by atomic mass is 10.1. The van der Waals surface area contributed by atoms with E-state index in [1.54, 1.807) is 30.5 Å². The molecule has 6 nitrogen and oxygen atoms in total. The van der Waals surface area contributed by atoms with E-state index in [2.05, 4.69) is 27.5 Å². The highest BCUT2D eigenvalue weighted by Crippen LogP contribution is 2.15. The monoisotopic (exact) mass is 331 g/mol. The normalized spacial score (nSPS) is 11.3. The van der Waals surface area contributed by atoms with E-state index in [9.17, 15) is 4.79 Å². The third-order valence-electron chi connectivity index (χ3n) is 3.40. The van der Waals surface area contributed by atoms with Crippen molar-refractivity contribution in [1.29, 1.82) is 0 Å². The van der Waals surface area contributed by atoms with E-state index in [0.29, 0.717) is 24.6 Å². The number of nitrogens with zero attached hydrogens (tertiary/aromatic N) is 2. The van der Waals surface area contributed by atoms with Gasteiger partial charge in [0.25, 0.3) is 0 Å². The standard InChI is InChI=1S/C16H21N5OS/c1-10-11(2)23-14(21-10)9-20-16(18-3)19-8-12-4-6-13(7-5-12)15(17)22/h4-7H,8-9H2,1-3H3,(H2,17,22)(H2,18,19,20). The molecule has 2 aromatic rings. The summed E-state index contributed by atoms with van der Waals surface area (Å²) in [6, 6.07) is 7.18. The summed E-state index contributed by atoms with van der Waals surface area (Å²) in [4.78, 5) is 21.0. The van der Waals surface area contributed by atoms with Crippen molar-refractivity contribution in [2.75, 3.05) is 7.05 Å². The molecule has 122 valence electrons. The van der Waals surface area contributed by atoms with Crippen molar-refractivity contribution in [3.63, 3.8) is 0 Å². The van der Waals surface area contributed by atoms with E-state index < -0.39 is 5.91 Å². The average molecular weight is 331 g/mol. The second kappa shape index (κ2) is 7.73. The van der Waals surface area contributed by atoms with Crippen LogP contribution in [0.15, 0.2) is 29.3 Å². The summed E-state index contributed by atoms with van der Waals surface area (Å²) < 4.78 is 0. The van der Waals surface area contributed by atoms with Crippen LogP contribution in [0.1, 0.15) is 31.5 Å². The van der Waals surface area contributed by atoms with Crippen LogP contribution in [0.2, 0.25) is 0 Å². The van der Waals surface area contributed by atoms with Crippen molar-refractivity contribution >= 4 is 23.2 Å². The Morgan fingerprint density at radius 1 is 1.22 bits per heavy atom. The lowest BCUT2D eigenvalue weighted by Crippen LogP contribution is -2.36. The van der Waals surface area contributed by atoms with Gasteiger partial charge in [-0.15, -0.1) is 11.3 Å². The van der Waals surface area contributed by atoms with Gasteiger partial charge < -0.3 is 16.4 Å². The smallest absolute Gasteiger partial charge is 0.248 e. The number of aryl methyl sites for hydroxylation is 2. The Kier molecular flexibility index (Phi) is 5.70. The molecule has 4 N–H and O–H groups in total. The first-order valence-electron chi connectivity index (χ1n) is 7.25. The van der Waals surface area contributed by atoms with Crippen molar-refractivity contribution in [2.24, 2.45) is 10.7 Å². The van der Waals surface area contributed by atoms with Crippen molar-refractivity contribution in [3.8, 4) is 0 Å². The average Bonchev–Trinajstić information content (AvgIpc) is 2.86. The number of aromatic nitrogens is 1. The number of carbonyl (C=O) groups excluding carboxylic acids is 1. The van der Waals surface area contributed by atoms with E-state index in [1.165, 1.54) is 4.88 Å². The van der Waals surface area contributed by atoms with Gasteiger partial charge in [-0.1, -0.05) is 12.1 Å². The first kappa shape index (κ1) is 17.0. The predicted molar refractivity (Wildman–Crippen MR) is 93.6 cm³/mol. The van der Waals surface area contributed by atoms with Crippen LogP contribution in [0.5, 0.6) is 0 Å². The molecule has 1 heterocycles. The highest BCUT2D eigenvalue weighted by atomic mass is 32.1. The zero-order chi connectivity index (χ0) is 16.8. The van der Waals surface area contributed by atoms with Crippen LogP contribution in [0.25, 0.3) is 0 Å². The molecule has 0 saturated carbocycles. The first-order valence-corrected chi connectivity index (χ1v) is 8.07. The van der Waals surface area contributed by atoms with Crippen LogP contribution in [0, 0.1) is 13.8 Å². The fraction of sp³-hybridized carbons (Fsp3) is 0.312. The fourth-order valence-electron chi connectivity index (χ4n) is 1.97. The molecule has 1 aromatic heterocycles. The Bertz CT molecular complexity index is 686. The van der Waals surface area contributed by atoms with E-state index in [0.717, 1.165) is 16.3 Å². The van der Waals surface area contributed by atoms with E-state index in [1.807, 2.05) is 19.1 Å². The van der Waals surface area contributed by atoms with Crippen molar-refractivity contribution in [3.05, 3.63) is 51.0 Å². The second-order valence-electron chi connectivity index (χ2n) is 5.09. The molecule has 0 aliphatic carbocycles. The fourth-order valence-corrected chi connectivity index (χ4v) is 2.84. The number of carbonyl (C=O) groups is 1. The van der Waals surface area contributed by atoms with E-state index in [-0.39, 0.29) is 0 Å². The summed E-state index contributed by atoms with van der Waals surface area (Å²) in [7, 11) is 1.73. The number of benzene rings is 1. The predicted octanol–water partition coefficient (Wildman–Crippen LogP) is 1.72. The molecule has 0 unspecified atom stereocenters. The maximum Gasteiger partial charge on any atom is 0.248 e. The summed E-state index contributed by atoms with van der Waals surface area (Å²) >= 11 is 1.69. The number of amides is 1. The molecule has 0 aliphatic rings. The Balaban J connectivity index is 1.86.